The molecule has 0 heterocycles. The van der Waals surface area contributed by atoms with Crippen LogP contribution in [0.25, 0.3) is 0 Å². The largest absolute Gasteiger partial charge is 0.467 e. The van der Waals surface area contributed by atoms with E-state index in [4.69, 9.17) is 27.9 Å². The lowest BCUT2D eigenvalue weighted by Gasteiger charge is -2.19. The third-order valence-electron chi connectivity index (χ3n) is 3.74. The van der Waals surface area contributed by atoms with Gasteiger partial charge in [0.2, 0.25) is 5.91 Å². The number of anilines is 1. The molecule has 0 radical (unpaired) electrons. The molecule has 0 aliphatic heterocycles. The molecule has 0 fully saturated rings. The first-order chi connectivity index (χ1) is 12.8. The van der Waals surface area contributed by atoms with Gasteiger partial charge in [-0.05, 0) is 29.8 Å². The van der Waals surface area contributed by atoms with Gasteiger partial charge in [-0.25, -0.2) is 4.79 Å². The standard InChI is InChI=1S/C19H18Cl2N2O4/c1-11(24)22-16-9-4-3-6-12(16)18(25)23-17(19(26)27-2)10-13-14(20)7-5-8-15(13)21/h3-9,17H,10H2,1-2H3,(H,22,24)(H,23,25)/t17-/m1/s1. The first-order valence-electron chi connectivity index (χ1n) is 8.01. The predicted molar refractivity (Wildman–Crippen MR) is 104 cm³/mol. The average Bonchev–Trinajstić information content (AvgIpc) is 2.63. The second-order valence-electron chi connectivity index (χ2n) is 5.68. The van der Waals surface area contributed by atoms with Crippen LogP contribution in [0.1, 0.15) is 22.8 Å². The van der Waals surface area contributed by atoms with E-state index in [9.17, 15) is 14.4 Å². The molecule has 0 aliphatic carbocycles. The van der Waals surface area contributed by atoms with Gasteiger partial charge in [-0.3, -0.25) is 9.59 Å². The van der Waals surface area contributed by atoms with E-state index in [1.54, 1.807) is 36.4 Å². The van der Waals surface area contributed by atoms with Crippen LogP contribution in [0, 0.1) is 0 Å². The molecule has 8 heteroatoms. The Morgan fingerprint density at radius 2 is 1.67 bits per heavy atom. The molecule has 0 bridgehead atoms. The Kier molecular flexibility index (Phi) is 7.21. The smallest absolute Gasteiger partial charge is 0.328 e. The maximum absolute atomic E-state index is 12.7. The Morgan fingerprint density at radius 1 is 1.04 bits per heavy atom. The van der Waals surface area contributed by atoms with E-state index in [-0.39, 0.29) is 17.9 Å². The van der Waals surface area contributed by atoms with Crippen molar-refractivity contribution >= 4 is 46.7 Å². The van der Waals surface area contributed by atoms with Gasteiger partial charge >= 0.3 is 5.97 Å². The molecule has 2 N–H and O–H groups in total. The highest BCUT2D eigenvalue weighted by Gasteiger charge is 2.25. The lowest BCUT2D eigenvalue weighted by atomic mass is 10.0. The summed E-state index contributed by atoms with van der Waals surface area (Å²) in [5.41, 5.74) is 1.07. The fourth-order valence-electron chi connectivity index (χ4n) is 2.48. The van der Waals surface area contributed by atoms with E-state index in [1.165, 1.54) is 20.1 Å². The van der Waals surface area contributed by atoms with Crippen molar-refractivity contribution in [2.75, 3.05) is 12.4 Å². The van der Waals surface area contributed by atoms with Crippen molar-refractivity contribution in [1.82, 2.24) is 5.32 Å². The quantitative estimate of drug-likeness (QED) is 0.716. The molecular weight excluding hydrogens is 391 g/mol. The fraction of sp³-hybridized carbons (Fsp3) is 0.211. The first-order valence-corrected chi connectivity index (χ1v) is 8.77. The van der Waals surface area contributed by atoms with Gasteiger partial charge in [0.15, 0.2) is 0 Å². The molecule has 0 aromatic heterocycles. The summed E-state index contributed by atoms with van der Waals surface area (Å²) < 4.78 is 4.79. The Labute approximate surface area is 166 Å². The van der Waals surface area contributed by atoms with Crippen LogP contribution < -0.4 is 10.6 Å². The lowest BCUT2D eigenvalue weighted by molar-refractivity contribution is -0.142. The van der Waals surface area contributed by atoms with Gasteiger partial charge in [-0.15, -0.1) is 0 Å². The summed E-state index contributed by atoms with van der Waals surface area (Å²) in [6.07, 6.45) is 0.0548. The van der Waals surface area contributed by atoms with Crippen LogP contribution in [-0.2, 0) is 20.7 Å². The van der Waals surface area contributed by atoms with E-state index in [0.29, 0.717) is 21.3 Å². The van der Waals surface area contributed by atoms with Crippen molar-refractivity contribution in [2.45, 2.75) is 19.4 Å². The normalized spacial score (nSPS) is 11.4. The highest BCUT2D eigenvalue weighted by Crippen LogP contribution is 2.26. The lowest BCUT2D eigenvalue weighted by Crippen LogP contribution is -2.43. The number of halogens is 2. The van der Waals surface area contributed by atoms with Crippen molar-refractivity contribution in [3.05, 3.63) is 63.6 Å². The molecule has 2 aromatic rings. The van der Waals surface area contributed by atoms with E-state index in [2.05, 4.69) is 10.6 Å². The molecule has 0 saturated heterocycles. The predicted octanol–water partition coefficient (Wildman–Crippen LogP) is 3.47. The molecule has 0 spiro atoms. The van der Waals surface area contributed by atoms with Crippen LogP contribution >= 0.6 is 23.2 Å². The number of hydrogen-bond acceptors (Lipinski definition) is 4. The molecule has 2 rings (SSSR count). The summed E-state index contributed by atoms with van der Waals surface area (Å²) in [7, 11) is 1.22. The maximum Gasteiger partial charge on any atom is 0.328 e. The Balaban J connectivity index is 2.28. The minimum absolute atomic E-state index is 0.0548. The van der Waals surface area contributed by atoms with Crippen LogP contribution in [-0.4, -0.2) is 30.9 Å². The minimum Gasteiger partial charge on any atom is -0.467 e. The molecule has 2 amide bonds. The zero-order valence-electron chi connectivity index (χ0n) is 14.7. The second kappa shape index (κ2) is 9.39. The van der Waals surface area contributed by atoms with Gasteiger partial charge < -0.3 is 15.4 Å². The van der Waals surface area contributed by atoms with E-state index < -0.39 is 17.9 Å². The van der Waals surface area contributed by atoms with Gasteiger partial charge in [0.25, 0.3) is 5.91 Å². The Morgan fingerprint density at radius 3 is 2.26 bits per heavy atom. The van der Waals surface area contributed by atoms with Crippen LogP contribution in [0.5, 0.6) is 0 Å². The van der Waals surface area contributed by atoms with Crippen LogP contribution in [0.4, 0.5) is 5.69 Å². The minimum atomic E-state index is -1.01. The van der Waals surface area contributed by atoms with Crippen LogP contribution in [0.2, 0.25) is 10.0 Å². The molecule has 1 atom stereocenters. The molecular formula is C19H18Cl2N2O4. The zero-order valence-corrected chi connectivity index (χ0v) is 16.2. The number of amides is 2. The van der Waals surface area contributed by atoms with Crippen molar-refractivity contribution in [2.24, 2.45) is 0 Å². The second-order valence-corrected chi connectivity index (χ2v) is 6.49. The zero-order chi connectivity index (χ0) is 20.0. The third kappa shape index (κ3) is 5.45. The van der Waals surface area contributed by atoms with Crippen molar-refractivity contribution in [3.63, 3.8) is 0 Å². The highest BCUT2D eigenvalue weighted by atomic mass is 35.5. The summed E-state index contributed by atoms with van der Waals surface area (Å²) in [5.74, 6) is -1.50. The van der Waals surface area contributed by atoms with Gasteiger partial charge in [0.1, 0.15) is 6.04 Å². The number of ether oxygens (including phenoxy) is 1. The summed E-state index contributed by atoms with van der Waals surface area (Å²) >= 11 is 12.3. The van der Waals surface area contributed by atoms with E-state index >= 15 is 0 Å². The van der Waals surface area contributed by atoms with Crippen molar-refractivity contribution in [3.8, 4) is 0 Å². The number of methoxy groups -OCH3 is 1. The molecule has 0 unspecified atom stereocenters. The van der Waals surface area contributed by atoms with Crippen molar-refractivity contribution < 1.29 is 19.1 Å². The number of benzene rings is 2. The molecule has 6 nitrogen and oxygen atoms in total. The Bertz CT molecular complexity index is 850. The number of esters is 1. The van der Waals surface area contributed by atoms with Gasteiger partial charge in [0.05, 0.1) is 18.4 Å². The topological polar surface area (TPSA) is 84.5 Å². The molecule has 0 saturated carbocycles. The van der Waals surface area contributed by atoms with E-state index in [0.717, 1.165) is 0 Å². The van der Waals surface area contributed by atoms with Gasteiger partial charge in [-0.2, -0.15) is 0 Å². The number of rotatable bonds is 6. The van der Waals surface area contributed by atoms with Gasteiger partial charge in [-0.1, -0.05) is 41.4 Å². The molecule has 27 heavy (non-hydrogen) atoms. The van der Waals surface area contributed by atoms with Crippen LogP contribution in [0.3, 0.4) is 0 Å². The fourth-order valence-corrected chi connectivity index (χ4v) is 3.03. The molecule has 142 valence electrons. The number of para-hydroxylation sites is 1. The summed E-state index contributed by atoms with van der Waals surface area (Å²) in [6, 6.07) is 10.4. The van der Waals surface area contributed by atoms with Crippen molar-refractivity contribution in [1.29, 1.82) is 0 Å². The number of hydrogen-bond donors (Lipinski definition) is 2. The monoisotopic (exact) mass is 408 g/mol. The molecule has 0 aliphatic rings. The maximum atomic E-state index is 12.7. The third-order valence-corrected chi connectivity index (χ3v) is 4.45. The van der Waals surface area contributed by atoms with Crippen LogP contribution in [0.15, 0.2) is 42.5 Å². The number of carbonyl (C=O) groups excluding carboxylic acids is 3. The first kappa shape index (κ1) is 20.7. The number of carbonyl (C=O) groups is 3. The Hall–Kier alpha value is -2.57. The summed E-state index contributed by atoms with van der Waals surface area (Å²) in [4.78, 5) is 36.2. The average molecular weight is 409 g/mol. The highest BCUT2D eigenvalue weighted by molar-refractivity contribution is 6.36. The number of nitrogens with one attached hydrogen (secondary N) is 2. The van der Waals surface area contributed by atoms with Gasteiger partial charge in [0, 0.05) is 23.4 Å². The molecule has 2 aromatic carbocycles. The SMILES string of the molecule is COC(=O)[C@@H](Cc1c(Cl)cccc1Cl)NC(=O)c1ccccc1NC(C)=O. The summed E-state index contributed by atoms with van der Waals surface area (Å²) in [6.45, 7) is 1.34. The summed E-state index contributed by atoms with van der Waals surface area (Å²) in [5, 5.41) is 5.96. The van der Waals surface area contributed by atoms with E-state index in [1.807, 2.05) is 0 Å².